The highest BCUT2D eigenvalue weighted by Crippen LogP contribution is 2.32. The summed E-state index contributed by atoms with van der Waals surface area (Å²) in [6, 6.07) is 4.40. The second-order valence-corrected chi connectivity index (χ2v) is 9.74. The average Bonchev–Trinajstić information content (AvgIpc) is 3.22. The molecule has 1 fully saturated rings. The molecule has 9 nitrogen and oxygen atoms in total. The zero-order valence-electron chi connectivity index (χ0n) is 17.8. The molecule has 1 aliphatic heterocycles. The van der Waals surface area contributed by atoms with Gasteiger partial charge in [-0.15, -0.1) is 0 Å². The molecular formula is C19H24F3N5O4S. The SMILES string of the molecule is CC(c1nc(-c2cccc(C(F)(F)F)c2)no1)N1CCN(C(=O)CN(C)S(C)(=O)=O)CC1. The number of nitrogens with zero attached hydrogens (tertiary/aromatic N) is 5. The van der Waals surface area contributed by atoms with Gasteiger partial charge in [0.15, 0.2) is 0 Å². The Balaban J connectivity index is 1.61. The van der Waals surface area contributed by atoms with Crippen LogP contribution >= 0.6 is 0 Å². The van der Waals surface area contributed by atoms with Crippen molar-refractivity contribution in [2.24, 2.45) is 0 Å². The van der Waals surface area contributed by atoms with Crippen molar-refractivity contribution in [3.05, 3.63) is 35.7 Å². The van der Waals surface area contributed by atoms with Crippen LogP contribution in [-0.4, -0.2) is 84.6 Å². The van der Waals surface area contributed by atoms with Crippen molar-refractivity contribution in [2.45, 2.75) is 19.1 Å². The van der Waals surface area contributed by atoms with Gasteiger partial charge in [-0.25, -0.2) is 8.42 Å². The van der Waals surface area contributed by atoms with Gasteiger partial charge in [0.2, 0.25) is 27.6 Å². The van der Waals surface area contributed by atoms with E-state index in [2.05, 4.69) is 10.1 Å². The smallest absolute Gasteiger partial charge is 0.339 e. The predicted octanol–water partition coefficient (Wildman–Crippen LogP) is 1.85. The third-order valence-electron chi connectivity index (χ3n) is 5.39. The lowest BCUT2D eigenvalue weighted by Gasteiger charge is -2.37. The van der Waals surface area contributed by atoms with Crippen LogP contribution in [0.25, 0.3) is 11.4 Å². The van der Waals surface area contributed by atoms with Crippen molar-refractivity contribution in [3.8, 4) is 11.4 Å². The van der Waals surface area contributed by atoms with Gasteiger partial charge in [-0.3, -0.25) is 9.69 Å². The number of carbonyl (C=O) groups is 1. The first kappa shape index (κ1) is 24.1. The normalized spacial score (nSPS) is 17.0. The molecule has 1 unspecified atom stereocenters. The minimum Gasteiger partial charge on any atom is -0.339 e. The predicted molar refractivity (Wildman–Crippen MR) is 109 cm³/mol. The molecule has 3 rings (SSSR count). The number of hydrogen-bond acceptors (Lipinski definition) is 7. The van der Waals surface area contributed by atoms with E-state index in [1.807, 2.05) is 11.8 Å². The van der Waals surface area contributed by atoms with E-state index in [1.54, 1.807) is 4.90 Å². The summed E-state index contributed by atoms with van der Waals surface area (Å²) in [5.74, 6) is 0.0411. The summed E-state index contributed by atoms with van der Waals surface area (Å²) in [7, 11) is -2.09. The maximum atomic E-state index is 12.9. The second kappa shape index (κ2) is 9.16. The number of piperazine rings is 1. The fourth-order valence-electron chi connectivity index (χ4n) is 3.28. The molecule has 2 heterocycles. The van der Waals surface area contributed by atoms with Crippen LogP contribution in [0.2, 0.25) is 0 Å². The van der Waals surface area contributed by atoms with Gasteiger partial charge in [-0.1, -0.05) is 17.3 Å². The lowest BCUT2D eigenvalue weighted by Crippen LogP contribution is -2.51. The molecule has 32 heavy (non-hydrogen) atoms. The zero-order chi connectivity index (χ0) is 23.7. The number of benzene rings is 1. The van der Waals surface area contributed by atoms with Gasteiger partial charge in [0.05, 0.1) is 24.4 Å². The van der Waals surface area contributed by atoms with E-state index in [0.717, 1.165) is 22.7 Å². The molecule has 1 saturated heterocycles. The molecule has 0 radical (unpaired) electrons. The van der Waals surface area contributed by atoms with Crippen molar-refractivity contribution in [2.75, 3.05) is 46.0 Å². The third-order valence-corrected chi connectivity index (χ3v) is 6.65. The Hall–Kier alpha value is -2.51. The van der Waals surface area contributed by atoms with Crippen molar-refractivity contribution in [1.82, 2.24) is 24.2 Å². The van der Waals surface area contributed by atoms with Crippen LogP contribution in [-0.2, 0) is 21.0 Å². The zero-order valence-corrected chi connectivity index (χ0v) is 18.6. The van der Waals surface area contributed by atoms with Crippen molar-refractivity contribution >= 4 is 15.9 Å². The molecule has 1 aromatic heterocycles. The van der Waals surface area contributed by atoms with Crippen molar-refractivity contribution < 1.29 is 30.9 Å². The highest BCUT2D eigenvalue weighted by Gasteiger charge is 2.32. The Labute approximate surface area is 183 Å². The van der Waals surface area contributed by atoms with Crippen LogP contribution in [0.1, 0.15) is 24.4 Å². The number of aromatic nitrogens is 2. The van der Waals surface area contributed by atoms with Gasteiger partial charge in [-0.2, -0.15) is 22.5 Å². The Morgan fingerprint density at radius 3 is 2.50 bits per heavy atom. The highest BCUT2D eigenvalue weighted by atomic mass is 32.2. The summed E-state index contributed by atoms with van der Waals surface area (Å²) >= 11 is 0. The standard InChI is InChI=1S/C19H24F3N5O4S/c1-13(26-7-9-27(10-8-26)16(28)12-25(2)32(3,29)30)18-23-17(24-31-18)14-5-4-6-15(11-14)19(20,21)22/h4-6,11,13H,7-10,12H2,1-3H3. The third kappa shape index (κ3) is 5.64. The summed E-state index contributed by atoms with van der Waals surface area (Å²) in [5.41, 5.74) is -0.593. The molecule has 0 aliphatic carbocycles. The van der Waals surface area contributed by atoms with Crippen LogP contribution < -0.4 is 0 Å². The Bertz CT molecular complexity index is 1060. The molecular weight excluding hydrogens is 451 g/mol. The molecule has 1 aromatic carbocycles. The monoisotopic (exact) mass is 475 g/mol. The molecule has 13 heteroatoms. The number of alkyl halides is 3. The molecule has 1 aliphatic rings. The number of hydrogen-bond donors (Lipinski definition) is 0. The number of likely N-dealkylation sites (N-methyl/N-ethyl adjacent to an activating group) is 1. The topological polar surface area (TPSA) is 99.8 Å². The van der Waals surface area contributed by atoms with Crippen LogP contribution in [0.4, 0.5) is 13.2 Å². The van der Waals surface area contributed by atoms with Crippen molar-refractivity contribution in [3.63, 3.8) is 0 Å². The molecule has 2 aromatic rings. The van der Waals surface area contributed by atoms with E-state index in [4.69, 9.17) is 4.52 Å². The molecule has 1 amide bonds. The summed E-state index contributed by atoms with van der Waals surface area (Å²) in [6.45, 7) is 3.40. The first-order valence-electron chi connectivity index (χ1n) is 9.80. The maximum absolute atomic E-state index is 12.9. The van der Waals surface area contributed by atoms with E-state index < -0.39 is 21.8 Å². The molecule has 1 atom stereocenters. The number of halogens is 3. The van der Waals surface area contributed by atoms with Crippen LogP contribution in [0.15, 0.2) is 28.8 Å². The quantitative estimate of drug-likeness (QED) is 0.629. The lowest BCUT2D eigenvalue weighted by molar-refractivity contribution is -0.137. The lowest BCUT2D eigenvalue weighted by atomic mass is 10.1. The van der Waals surface area contributed by atoms with E-state index in [9.17, 15) is 26.4 Å². The van der Waals surface area contributed by atoms with E-state index in [0.29, 0.717) is 26.2 Å². The van der Waals surface area contributed by atoms with E-state index in [-0.39, 0.29) is 35.8 Å². The Kier molecular flexibility index (Phi) is 6.91. The minimum atomic E-state index is -4.47. The average molecular weight is 475 g/mol. The number of rotatable bonds is 6. The Morgan fingerprint density at radius 2 is 1.91 bits per heavy atom. The first-order chi connectivity index (χ1) is 14.9. The van der Waals surface area contributed by atoms with Gasteiger partial charge in [0.1, 0.15) is 0 Å². The van der Waals surface area contributed by atoms with Gasteiger partial charge >= 0.3 is 6.18 Å². The summed E-state index contributed by atoms with van der Waals surface area (Å²) in [5, 5.41) is 3.82. The summed E-state index contributed by atoms with van der Waals surface area (Å²) in [6.07, 6.45) is -3.43. The van der Waals surface area contributed by atoms with Crippen molar-refractivity contribution in [1.29, 1.82) is 0 Å². The summed E-state index contributed by atoms with van der Waals surface area (Å²) < 4.78 is 68.1. The molecule has 0 spiro atoms. The van der Waals surface area contributed by atoms with E-state index in [1.165, 1.54) is 19.2 Å². The van der Waals surface area contributed by atoms with Gasteiger partial charge in [0.25, 0.3) is 0 Å². The number of amides is 1. The van der Waals surface area contributed by atoms with Crippen LogP contribution in [0, 0.1) is 0 Å². The highest BCUT2D eigenvalue weighted by molar-refractivity contribution is 7.88. The minimum absolute atomic E-state index is 0.0653. The first-order valence-corrected chi connectivity index (χ1v) is 11.7. The number of sulfonamides is 1. The van der Waals surface area contributed by atoms with Crippen LogP contribution in [0.3, 0.4) is 0 Å². The largest absolute Gasteiger partial charge is 0.416 e. The van der Waals surface area contributed by atoms with Gasteiger partial charge in [0, 0.05) is 38.8 Å². The van der Waals surface area contributed by atoms with Gasteiger partial charge in [-0.05, 0) is 19.1 Å². The van der Waals surface area contributed by atoms with Crippen LogP contribution in [0.5, 0.6) is 0 Å². The Morgan fingerprint density at radius 1 is 1.25 bits per heavy atom. The summed E-state index contributed by atoms with van der Waals surface area (Å²) in [4.78, 5) is 20.2. The maximum Gasteiger partial charge on any atom is 0.416 e. The molecule has 0 bridgehead atoms. The fraction of sp³-hybridized carbons (Fsp3) is 0.526. The van der Waals surface area contributed by atoms with Gasteiger partial charge < -0.3 is 9.42 Å². The molecule has 0 saturated carbocycles. The van der Waals surface area contributed by atoms with E-state index >= 15 is 0 Å². The molecule has 176 valence electrons. The second-order valence-electron chi connectivity index (χ2n) is 7.65. The number of carbonyl (C=O) groups excluding carboxylic acids is 1. The fourth-order valence-corrected chi connectivity index (χ4v) is 3.62. The molecule has 0 N–H and O–H groups in total.